The minimum absolute atomic E-state index is 1.06. The van der Waals surface area contributed by atoms with Crippen LogP contribution in [0.2, 0.25) is 0 Å². The topological polar surface area (TPSA) is 26.8 Å². The van der Waals surface area contributed by atoms with E-state index < -0.39 is 0 Å². The first kappa shape index (κ1) is 62.4. The van der Waals surface area contributed by atoms with Crippen LogP contribution in [0.1, 0.15) is 332 Å². The molecule has 0 unspecified atom stereocenters. The molecule has 1 aliphatic rings. The maximum absolute atomic E-state index is 10.3. The van der Waals surface area contributed by atoms with Gasteiger partial charge in [-0.05, 0) is 124 Å². The number of benzene rings is 2. The predicted octanol–water partition coefficient (Wildman–Crippen LogP) is 23.3. The molecule has 1 N–H and O–H groups in total. The summed E-state index contributed by atoms with van der Waals surface area (Å²) < 4.78 is 1.90. The van der Waals surface area contributed by atoms with Crippen LogP contribution in [0.3, 0.4) is 0 Å². The number of nitrogens with zero attached hydrogens (tertiary/aromatic N) is 1. The van der Waals surface area contributed by atoms with Crippen molar-refractivity contribution < 1.29 is 4.68 Å². The van der Waals surface area contributed by atoms with E-state index in [0.29, 0.717) is 0 Å². The number of hydrogen-bond acceptors (Lipinski definition) is 0. The fourth-order valence-corrected chi connectivity index (χ4v) is 11.1. The molecule has 0 aliphatic carbocycles. The zero-order chi connectivity index (χ0) is 50.8. The van der Waals surface area contributed by atoms with Crippen molar-refractivity contribution in [1.82, 2.24) is 0 Å². The summed E-state index contributed by atoms with van der Waals surface area (Å²) in [5.74, 6) is 10.3. The molecule has 0 saturated carbocycles. The van der Waals surface area contributed by atoms with Crippen molar-refractivity contribution in [2.45, 2.75) is 324 Å². The van der Waals surface area contributed by atoms with Gasteiger partial charge in [0.1, 0.15) is 0 Å². The molecule has 2 nitrogen and oxygen atoms in total. The van der Waals surface area contributed by atoms with Crippen LogP contribution in [0.5, 0.6) is 0 Å². The maximum Gasteiger partial charge on any atom is 0.216 e. The van der Waals surface area contributed by atoms with E-state index in [4.69, 9.17) is 0 Å². The van der Waals surface area contributed by atoms with Gasteiger partial charge >= 0.3 is 0 Å². The number of rotatable bonds is 47. The molecular formula is C69H116N2. The van der Waals surface area contributed by atoms with Crippen LogP contribution in [0.4, 0.5) is 0 Å². The number of nitrogens with one attached hydrogen (secondary N) is 1. The quantitative estimate of drug-likeness (QED) is 0.0467. The molecule has 71 heavy (non-hydrogen) atoms. The van der Waals surface area contributed by atoms with E-state index in [-0.39, 0.29) is 0 Å². The highest BCUT2D eigenvalue weighted by Gasteiger charge is 2.35. The molecule has 0 bridgehead atoms. The highest BCUT2D eigenvalue weighted by molar-refractivity contribution is 6.17. The van der Waals surface area contributed by atoms with E-state index in [9.17, 15) is 5.84 Å². The summed E-state index contributed by atoms with van der Waals surface area (Å²) in [4.78, 5) is 0. The molecule has 2 aromatic rings. The Hall–Kier alpha value is -2.87. The summed E-state index contributed by atoms with van der Waals surface area (Å²) in [7, 11) is 0. The van der Waals surface area contributed by atoms with Crippen molar-refractivity contribution in [3.63, 3.8) is 0 Å². The third-order valence-corrected chi connectivity index (χ3v) is 15.6. The van der Waals surface area contributed by atoms with Crippen LogP contribution in [-0.4, -0.2) is 10.4 Å². The van der Waals surface area contributed by atoms with Gasteiger partial charge in [0, 0.05) is 11.1 Å². The maximum atomic E-state index is 10.3. The van der Waals surface area contributed by atoms with Gasteiger partial charge < -0.3 is 5.84 Å². The third-order valence-electron chi connectivity index (χ3n) is 15.6. The van der Waals surface area contributed by atoms with Crippen molar-refractivity contribution >= 4 is 11.4 Å². The van der Waals surface area contributed by atoms with E-state index >= 15 is 0 Å². The van der Waals surface area contributed by atoms with Crippen molar-refractivity contribution in [1.29, 1.82) is 0 Å². The predicted molar refractivity (Wildman–Crippen MR) is 319 cm³/mol. The summed E-state index contributed by atoms with van der Waals surface area (Å²) in [5, 5.41) is 0. The Bertz CT molecular complexity index is 1700. The molecule has 0 amide bonds. The van der Waals surface area contributed by atoms with E-state index in [0.717, 1.165) is 49.9 Å². The molecule has 2 heteroatoms. The molecule has 0 radical (unpaired) electrons. The van der Waals surface area contributed by atoms with Gasteiger partial charge in [0.2, 0.25) is 11.4 Å². The van der Waals surface area contributed by atoms with E-state index in [2.05, 4.69) is 96.2 Å². The third kappa shape index (κ3) is 27.3. The van der Waals surface area contributed by atoms with Gasteiger partial charge in [-0.15, -0.1) is 0 Å². The lowest BCUT2D eigenvalue weighted by molar-refractivity contribution is -0.347. The molecule has 0 fully saturated rings. The zero-order valence-electron chi connectivity index (χ0n) is 48.3. The fraction of sp³-hybridized carbons (Fsp3) is 0.725. The molecule has 0 saturated heterocycles. The summed E-state index contributed by atoms with van der Waals surface area (Å²) in [6, 6.07) is 14.9. The lowest BCUT2D eigenvalue weighted by atomic mass is 9.90. The highest BCUT2D eigenvalue weighted by atomic mass is 15.3. The van der Waals surface area contributed by atoms with Gasteiger partial charge in [-0.2, -0.15) is 0 Å². The lowest BCUT2D eigenvalue weighted by Crippen LogP contribution is -2.13. The number of unbranched alkanes of at least 4 members (excludes halogenated alkanes) is 34. The van der Waals surface area contributed by atoms with Crippen LogP contribution in [-0.2, 0) is 25.7 Å². The molecule has 3 rings (SSSR count). The molecule has 1 heterocycles. The average Bonchev–Trinajstić information content (AvgIpc) is 3.65. The van der Waals surface area contributed by atoms with Gasteiger partial charge in [-0.25, -0.2) is 4.68 Å². The summed E-state index contributed by atoms with van der Waals surface area (Å²) in [6.45, 7) is 13.9. The Morgan fingerprint density at radius 2 is 0.634 bits per heavy atom. The van der Waals surface area contributed by atoms with Gasteiger partial charge in [0.05, 0.1) is 11.1 Å². The summed E-state index contributed by atoms with van der Waals surface area (Å²) >= 11 is 0. The smallest absolute Gasteiger partial charge is 0.216 e. The van der Waals surface area contributed by atoms with Crippen LogP contribution in [0, 0.1) is 0 Å². The molecule has 402 valence electrons. The van der Waals surface area contributed by atoms with Crippen molar-refractivity contribution in [3.8, 4) is 0 Å². The standard InChI is InChI=1S/C69H116N2/c1-7-13-19-21-22-23-24-25-26-27-28-29-30-31-32-33-34-35-36-37-38-39-40-41-47-53-67-66(52-46-20-14-8-2)68(64-56-60(48-42-15-9-3)54-61(57-64)49-43-16-10-4)71(70)69(67)65-58-62(50-44-17-11-5)55-63(59-65)51-45-18-12-6/h47,52-59,70H,7-46,48-51H2,1-6H3. The fourth-order valence-electron chi connectivity index (χ4n) is 11.1. The van der Waals surface area contributed by atoms with Crippen molar-refractivity contribution in [3.05, 3.63) is 105 Å². The molecule has 0 aromatic heterocycles. The normalized spacial score (nSPS) is 13.6. The minimum atomic E-state index is 1.06. The lowest BCUT2D eigenvalue weighted by Gasteiger charge is -2.13. The molecular weight excluding hydrogens is 857 g/mol. The van der Waals surface area contributed by atoms with Crippen LogP contribution < -0.4 is 0 Å². The summed E-state index contributed by atoms with van der Waals surface area (Å²) in [6.07, 6.45) is 65.7. The van der Waals surface area contributed by atoms with Crippen molar-refractivity contribution in [2.75, 3.05) is 0 Å². The molecule has 0 atom stereocenters. The molecule has 2 aromatic carbocycles. The monoisotopic (exact) mass is 973 g/mol. The van der Waals surface area contributed by atoms with E-state index in [1.54, 1.807) is 0 Å². The number of hydrogen-bond donors (Lipinski definition) is 0. The SMILES string of the molecule is CCCCCC=C1C(C=CCCCCCCCCCCCCCCCCCCCCCCCCC)=C(c2cc(CCCCC)cc(CCCCC)c2)[N+]([NH-])=C1c1cc(CCCCC)cc(CCCCC)c1. The van der Waals surface area contributed by atoms with E-state index in [1.165, 1.54) is 289 Å². The largest absolute Gasteiger partial charge is 0.448 e. The Kier molecular flexibility index (Phi) is 37.4. The van der Waals surface area contributed by atoms with E-state index in [1.807, 2.05) is 4.68 Å². The first-order chi connectivity index (χ1) is 35.0. The van der Waals surface area contributed by atoms with Crippen LogP contribution >= 0.6 is 0 Å². The molecule has 0 spiro atoms. The van der Waals surface area contributed by atoms with Gasteiger partial charge in [-0.3, -0.25) is 0 Å². The second-order valence-corrected chi connectivity index (χ2v) is 22.4. The first-order valence-corrected chi connectivity index (χ1v) is 31.8. The summed E-state index contributed by atoms with van der Waals surface area (Å²) in [5.41, 5.74) is 13.1. The second-order valence-electron chi connectivity index (χ2n) is 22.4. The Morgan fingerprint density at radius 1 is 0.338 bits per heavy atom. The molecule has 1 aliphatic heterocycles. The zero-order valence-corrected chi connectivity index (χ0v) is 48.3. The Labute approximate surface area is 443 Å². The average molecular weight is 974 g/mol. The second kappa shape index (κ2) is 42.5. The first-order valence-electron chi connectivity index (χ1n) is 31.8. The Morgan fingerprint density at radius 3 is 1.00 bits per heavy atom. The van der Waals surface area contributed by atoms with Gasteiger partial charge in [-0.1, -0.05) is 277 Å². The number of allylic oxidation sites excluding steroid dienone is 5. The van der Waals surface area contributed by atoms with Gasteiger partial charge in [0.15, 0.2) is 0 Å². The minimum Gasteiger partial charge on any atom is -0.448 e. The Balaban J connectivity index is 1.70. The van der Waals surface area contributed by atoms with Crippen molar-refractivity contribution in [2.24, 2.45) is 0 Å². The van der Waals surface area contributed by atoms with Gasteiger partial charge in [0.25, 0.3) is 0 Å². The van der Waals surface area contributed by atoms with Crippen LogP contribution in [0.15, 0.2) is 65.8 Å². The van der Waals surface area contributed by atoms with Crippen LogP contribution in [0.25, 0.3) is 11.5 Å². The number of aryl methyl sites for hydroxylation is 4. The highest BCUT2D eigenvalue weighted by Crippen LogP contribution is 2.38.